The van der Waals surface area contributed by atoms with Gasteiger partial charge in [0.25, 0.3) is 0 Å². The smallest absolute Gasteiger partial charge is 0.403 e. The van der Waals surface area contributed by atoms with E-state index in [-0.39, 0.29) is 24.1 Å². The highest BCUT2D eigenvalue weighted by atomic mass is 16.7. The quantitative estimate of drug-likeness (QED) is 0.520. The van der Waals surface area contributed by atoms with Crippen LogP contribution in [0.3, 0.4) is 0 Å². The van der Waals surface area contributed by atoms with Gasteiger partial charge in [0.15, 0.2) is 0 Å². The number of carbonyl (C=O) groups excluding carboxylic acids is 1. The molecule has 1 heterocycles. The molecule has 0 bridgehead atoms. The van der Waals surface area contributed by atoms with Crippen LogP contribution in [0.2, 0.25) is 5.82 Å². The van der Waals surface area contributed by atoms with Crippen molar-refractivity contribution in [2.24, 2.45) is 0 Å². The predicted molar refractivity (Wildman–Crippen MR) is 67.9 cm³/mol. The van der Waals surface area contributed by atoms with Crippen LogP contribution in [0.15, 0.2) is 0 Å². The molecular weight excluding hydrogens is 215 g/mol. The third kappa shape index (κ3) is 2.58. The summed E-state index contributed by atoms with van der Waals surface area (Å²) in [4.78, 5) is 11.7. The van der Waals surface area contributed by atoms with Crippen molar-refractivity contribution in [3.05, 3.63) is 0 Å². The van der Waals surface area contributed by atoms with Crippen LogP contribution < -0.4 is 0 Å². The molecule has 1 unspecified atom stereocenters. The van der Waals surface area contributed by atoms with Gasteiger partial charge in [0, 0.05) is 18.7 Å². The van der Waals surface area contributed by atoms with Gasteiger partial charge in [-0.1, -0.05) is 12.8 Å². The van der Waals surface area contributed by atoms with Crippen molar-refractivity contribution >= 4 is 12.9 Å². The van der Waals surface area contributed by atoms with Gasteiger partial charge in [-0.05, 0) is 34.1 Å². The molecule has 0 radical (unpaired) electrons. The maximum Gasteiger partial charge on any atom is 0.461 e. The summed E-state index contributed by atoms with van der Waals surface area (Å²) in [5.74, 6) is 0.605. The van der Waals surface area contributed by atoms with Crippen molar-refractivity contribution in [3.8, 4) is 0 Å². The zero-order valence-electron chi connectivity index (χ0n) is 11.4. The maximum atomic E-state index is 11.7. The van der Waals surface area contributed by atoms with E-state index < -0.39 is 0 Å². The van der Waals surface area contributed by atoms with E-state index in [0.29, 0.717) is 12.2 Å². The lowest BCUT2D eigenvalue weighted by Gasteiger charge is -2.32. The Morgan fingerprint density at radius 1 is 1.12 bits per heavy atom. The Hall–Kier alpha value is -0.345. The second-order valence-corrected chi connectivity index (χ2v) is 6.37. The first-order chi connectivity index (χ1) is 7.82. The molecule has 1 saturated heterocycles. The van der Waals surface area contributed by atoms with Crippen molar-refractivity contribution < 1.29 is 14.1 Å². The normalized spacial score (nSPS) is 32.6. The van der Waals surface area contributed by atoms with Crippen molar-refractivity contribution in [3.63, 3.8) is 0 Å². The summed E-state index contributed by atoms with van der Waals surface area (Å²) in [6.45, 7) is 8.24. The highest BCUT2D eigenvalue weighted by Gasteiger charge is 2.53. The molecule has 0 aromatic heterocycles. The van der Waals surface area contributed by atoms with Crippen molar-refractivity contribution in [1.29, 1.82) is 0 Å². The lowest BCUT2D eigenvalue weighted by atomic mass is 9.67. The molecule has 4 heteroatoms. The maximum absolute atomic E-state index is 11.7. The van der Waals surface area contributed by atoms with Gasteiger partial charge in [-0.15, -0.1) is 0 Å². The number of hydrogen-bond donors (Lipinski definition) is 0. The molecule has 1 saturated carbocycles. The molecule has 2 rings (SSSR count). The summed E-state index contributed by atoms with van der Waals surface area (Å²) in [6, 6.07) is 0. The standard InChI is InChI=1S/C13H23BO3/c1-12(2)13(3,4)17-14(16-12)10-7-5-6-8-11(15)9-10/h10H,5-9H2,1-4H3. The third-order valence-corrected chi connectivity index (χ3v) is 4.43. The first-order valence-corrected chi connectivity index (χ1v) is 6.69. The van der Waals surface area contributed by atoms with Gasteiger partial charge in [0.2, 0.25) is 0 Å². The minimum atomic E-state index is -0.285. The predicted octanol–water partition coefficient (Wildman–Crippen LogP) is 2.98. The Balaban J connectivity index is 2.06. The molecule has 1 atom stereocenters. The molecule has 96 valence electrons. The topological polar surface area (TPSA) is 35.5 Å². The first-order valence-electron chi connectivity index (χ1n) is 6.69. The van der Waals surface area contributed by atoms with Crippen molar-refractivity contribution in [1.82, 2.24) is 0 Å². The summed E-state index contributed by atoms with van der Waals surface area (Å²) in [7, 11) is -0.206. The lowest BCUT2D eigenvalue weighted by molar-refractivity contribution is -0.119. The van der Waals surface area contributed by atoms with Gasteiger partial charge in [-0.3, -0.25) is 4.79 Å². The first kappa shape index (κ1) is 13.1. The average Bonchev–Trinajstić information content (AvgIpc) is 2.39. The molecule has 1 aliphatic carbocycles. The van der Waals surface area contributed by atoms with Gasteiger partial charge in [-0.25, -0.2) is 0 Å². The van der Waals surface area contributed by atoms with Crippen LogP contribution in [0.25, 0.3) is 0 Å². The number of hydrogen-bond acceptors (Lipinski definition) is 3. The minimum Gasteiger partial charge on any atom is -0.403 e. The Morgan fingerprint density at radius 2 is 1.71 bits per heavy atom. The van der Waals surface area contributed by atoms with Crippen molar-refractivity contribution in [2.45, 2.75) is 76.8 Å². The second-order valence-electron chi connectivity index (χ2n) is 6.37. The molecule has 3 nitrogen and oxygen atoms in total. The molecule has 0 spiro atoms. The number of ketones is 1. The summed E-state index contributed by atoms with van der Waals surface area (Å²) < 4.78 is 12.1. The average molecular weight is 238 g/mol. The van der Waals surface area contributed by atoms with Crippen LogP contribution in [0.1, 0.15) is 59.8 Å². The number of Topliss-reactive ketones (excluding diaryl/α,β-unsaturated/α-hetero) is 1. The van der Waals surface area contributed by atoms with Crippen LogP contribution >= 0.6 is 0 Å². The van der Waals surface area contributed by atoms with Gasteiger partial charge in [-0.2, -0.15) is 0 Å². The Kier molecular flexibility index (Phi) is 3.39. The second kappa shape index (κ2) is 4.40. The van der Waals surface area contributed by atoms with E-state index in [1.54, 1.807) is 0 Å². The molecule has 2 aliphatic rings. The van der Waals surface area contributed by atoms with Gasteiger partial charge >= 0.3 is 7.12 Å². The highest BCUT2D eigenvalue weighted by molar-refractivity contribution is 6.48. The summed E-state index contributed by atoms with van der Waals surface area (Å²) >= 11 is 0. The van der Waals surface area contributed by atoms with Gasteiger partial charge in [0.1, 0.15) is 5.78 Å². The third-order valence-electron chi connectivity index (χ3n) is 4.43. The van der Waals surface area contributed by atoms with E-state index in [1.807, 2.05) is 0 Å². The van der Waals surface area contributed by atoms with Crippen LogP contribution in [-0.2, 0) is 14.1 Å². The summed E-state index contributed by atoms with van der Waals surface area (Å²) in [5, 5.41) is 0. The molecule has 2 fully saturated rings. The fourth-order valence-corrected chi connectivity index (χ4v) is 2.54. The zero-order chi connectivity index (χ0) is 12.7. The van der Waals surface area contributed by atoms with E-state index in [4.69, 9.17) is 9.31 Å². The monoisotopic (exact) mass is 238 g/mol. The van der Waals surface area contributed by atoms with Crippen LogP contribution in [0.5, 0.6) is 0 Å². The van der Waals surface area contributed by atoms with E-state index in [0.717, 1.165) is 25.7 Å². The van der Waals surface area contributed by atoms with E-state index >= 15 is 0 Å². The van der Waals surface area contributed by atoms with Crippen molar-refractivity contribution in [2.75, 3.05) is 0 Å². The fourth-order valence-electron chi connectivity index (χ4n) is 2.54. The number of carbonyl (C=O) groups is 1. The zero-order valence-corrected chi connectivity index (χ0v) is 11.4. The molecule has 1 aliphatic heterocycles. The molecular formula is C13H23BO3. The van der Waals surface area contributed by atoms with E-state index in [2.05, 4.69) is 27.7 Å². The summed E-state index contributed by atoms with van der Waals surface area (Å²) in [6.07, 6.45) is 4.53. The Labute approximate surface area is 104 Å². The highest BCUT2D eigenvalue weighted by Crippen LogP contribution is 2.42. The summed E-state index contributed by atoms with van der Waals surface area (Å²) in [5.41, 5.74) is -0.569. The largest absolute Gasteiger partial charge is 0.461 e. The van der Waals surface area contributed by atoms with Crippen LogP contribution in [-0.4, -0.2) is 24.1 Å². The molecule has 0 aromatic carbocycles. The fraction of sp³-hybridized carbons (Fsp3) is 0.923. The molecule has 0 aromatic rings. The number of rotatable bonds is 1. The van der Waals surface area contributed by atoms with Crippen LogP contribution in [0, 0.1) is 0 Å². The van der Waals surface area contributed by atoms with Gasteiger partial charge in [0.05, 0.1) is 11.2 Å². The lowest BCUT2D eigenvalue weighted by Crippen LogP contribution is -2.41. The Morgan fingerprint density at radius 3 is 2.29 bits per heavy atom. The van der Waals surface area contributed by atoms with E-state index in [9.17, 15) is 4.79 Å². The minimum absolute atomic E-state index is 0.206. The van der Waals surface area contributed by atoms with E-state index in [1.165, 1.54) is 0 Å². The SMILES string of the molecule is CC1(C)OB(C2CCCCC(=O)C2)OC1(C)C. The Bertz CT molecular complexity index is 296. The van der Waals surface area contributed by atoms with Gasteiger partial charge < -0.3 is 9.31 Å². The molecule has 0 amide bonds. The van der Waals surface area contributed by atoms with Crippen LogP contribution in [0.4, 0.5) is 0 Å². The molecule has 0 N–H and O–H groups in total. The molecule has 17 heavy (non-hydrogen) atoms.